The SMILES string of the molecule is CCOc1c(OC)cc(/C=C/C(=O)N2CCCCC2)cc1OC. The van der Waals surface area contributed by atoms with E-state index in [1.807, 2.05) is 24.0 Å². The van der Waals surface area contributed by atoms with Gasteiger partial charge in [-0.2, -0.15) is 0 Å². The van der Waals surface area contributed by atoms with Gasteiger partial charge in [-0.3, -0.25) is 4.79 Å². The number of piperidine rings is 1. The van der Waals surface area contributed by atoms with Gasteiger partial charge in [-0.25, -0.2) is 0 Å². The third-order valence-corrected chi connectivity index (χ3v) is 3.86. The van der Waals surface area contributed by atoms with Crippen molar-refractivity contribution in [3.05, 3.63) is 23.8 Å². The van der Waals surface area contributed by atoms with Gasteiger partial charge < -0.3 is 19.1 Å². The topological polar surface area (TPSA) is 48.0 Å². The van der Waals surface area contributed by atoms with Crippen LogP contribution < -0.4 is 14.2 Å². The van der Waals surface area contributed by atoms with Crippen LogP contribution in [0.5, 0.6) is 17.2 Å². The van der Waals surface area contributed by atoms with Crippen LogP contribution in [-0.2, 0) is 4.79 Å². The molecule has 0 atom stereocenters. The molecule has 0 bridgehead atoms. The molecule has 1 amide bonds. The molecule has 0 spiro atoms. The molecule has 1 aliphatic heterocycles. The molecule has 5 heteroatoms. The standard InChI is InChI=1S/C18H25NO4/c1-4-23-18-15(21-2)12-14(13-16(18)22-3)8-9-17(20)19-10-6-5-7-11-19/h8-9,12-13H,4-7,10-11H2,1-3H3/b9-8+. The minimum absolute atomic E-state index is 0.0523. The van der Waals surface area contributed by atoms with Gasteiger partial charge in [-0.15, -0.1) is 0 Å². The summed E-state index contributed by atoms with van der Waals surface area (Å²) in [5, 5.41) is 0. The smallest absolute Gasteiger partial charge is 0.246 e. The fourth-order valence-corrected chi connectivity index (χ4v) is 2.67. The Bertz CT molecular complexity index is 537. The highest BCUT2D eigenvalue weighted by molar-refractivity contribution is 5.92. The lowest BCUT2D eigenvalue weighted by Gasteiger charge is -2.25. The van der Waals surface area contributed by atoms with Crippen molar-refractivity contribution in [1.29, 1.82) is 0 Å². The van der Waals surface area contributed by atoms with Crippen LogP contribution in [-0.4, -0.2) is 44.7 Å². The third kappa shape index (κ3) is 4.41. The molecule has 1 aliphatic rings. The number of amides is 1. The molecule has 0 unspecified atom stereocenters. The molecule has 1 saturated heterocycles. The van der Waals surface area contributed by atoms with Crippen molar-refractivity contribution in [3.63, 3.8) is 0 Å². The molecule has 23 heavy (non-hydrogen) atoms. The van der Waals surface area contributed by atoms with Crippen molar-refractivity contribution >= 4 is 12.0 Å². The summed E-state index contributed by atoms with van der Waals surface area (Å²) < 4.78 is 16.3. The maximum absolute atomic E-state index is 12.2. The minimum Gasteiger partial charge on any atom is -0.493 e. The van der Waals surface area contributed by atoms with E-state index < -0.39 is 0 Å². The number of benzene rings is 1. The molecule has 0 N–H and O–H groups in total. The second kappa shape index (κ2) is 8.46. The summed E-state index contributed by atoms with van der Waals surface area (Å²) in [6.45, 7) is 4.12. The highest BCUT2D eigenvalue weighted by Gasteiger charge is 2.15. The largest absolute Gasteiger partial charge is 0.493 e. The normalized spacial score (nSPS) is 14.8. The summed E-state index contributed by atoms with van der Waals surface area (Å²) in [5.41, 5.74) is 0.840. The monoisotopic (exact) mass is 319 g/mol. The van der Waals surface area contributed by atoms with Crippen molar-refractivity contribution in [3.8, 4) is 17.2 Å². The molecule has 2 rings (SSSR count). The highest BCUT2D eigenvalue weighted by atomic mass is 16.5. The van der Waals surface area contributed by atoms with E-state index >= 15 is 0 Å². The maximum Gasteiger partial charge on any atom is 0.246 e. The van der Waals surface area contributed by atoms with Crippen LogP contribution in [0.1, 0.15) is 31.7 Å². The van der Waals surface area contributed by atoms with Crippen molar-refractivity contribution in [2.24, 2.45) is 0 Å². The van der Waals surface area contributed by atoms with Crippen LogP contribution >= 0.6 is 0 Å². The second-order valence-electron chi connectivity index (χ2n) is 5.41. The van der Waals surface area contributed by atoms with Crippen LogP contribution in [0.2, 0.25) is 0 Å². The number of rotatable bonds is 6. The van der Waals surface area contributed by atoms with E-state index in [9.17, 15) is 4.79 Å². The Kier molecular flexibility index (Phi) is 6.32. The molecule has 0 saturated carbocycles. The number of hydrogen-bond donors (Lipinski definition) is 0. The fraction of sp³-hybridized carbons (Fsp3) is 0.500. The van der Waals surface area contributed by atoms with Crippen molar-refractivity contribution in [2.45, 2.75) is 26.2 Å². The first-order valence-corrected chi connectivity index (χ1v) is 8.05. The molecule has 1 aromatic rings. The Morgan fingerprint density at radius 3 is 2.26 bits per heavy atom. The van der Waals surface area contributed by atoms with E-state index in [1.165, 1.54) is 6.42 Å². The number of likely N-dealkylation sites (tertiary alicyclic amines) is 1. The summed E-state index contributed by atoms with van der Waals surface area (Å²) in [4.78, 5) is 14.1. The van der Waals surface area contributed by atoms with Crippen molar-refractivity contribution in [2.75, 3.05) is 33.9 Å². The Labute approximate surface area is 137 Å². The molecular formula is C18H25NO4. The van der Waals surface area contributed by atoms with Gasteiger partial charge in [0.1, 0.15) is 0 Å². The lowest BCUT2D eigenvalue weighted by Crippen LogP contribution is -2.34. The fourth-order valence-electron chi connectivity index (χ4n) is 2.67. The van der Waals surface area contributed by atoms with E-state index in [0.29, 0.717) is 23.9 Å². The Morgan fingerprint density at radius 1 is 1.13 bits per heavy atom. The summed E-state index contributed by atoms with van der Waals surface area (Å²) >= 11 is 0. The molecule has 0 aliphatic carbocycles. The second-order valence-corrected chi connectivity index (χ2v) is 5.41. The van der Waals surface area contributed by atoms with Gasteiger partial charge >= 0.3 is 0 Å². The summed E-state index contributed by atoms with van der Waals surface area (Å²) in [6, 6.07) is 3.68. The van der Waals surface area contributed by atoms with Gasteiger partial charge in [0.05, 0.1) is 20.8 Å². The number of hydrogen-bond acceptors (Lipinski definition) is 4. The van der Waals surface area contributed by atoms with Gasteiger partial charge in [0.2, 0.25) is 11.7 Å². The maximum atomic E-state index is 12.2. The van der Waals surface area contributed by atoms with Gasteiger partial charge in [0.15, 0.2) is 11.5 Å². The zero-order valence-electron chi connectivity index (χ0n) is 14.1. The highest BCUT2D eigenvalue weighted by Crippen LogP contribution is 2.38. The predicted molar refractivity (Wildman–Crippen MR) is 90.2 cm³/mol. The number of ether oxygens (including phenoxy) is 3. The van der Waals surface area contributed by atoms with Crippen LogP contribution in [0, 0.1) is 0 Å². The lowest BCUT2D eigenvalue weighted by atomic mass is 10.1. The summed E-state index contributed by atoms with van der Waals surface area (Å²) in [5.74, 6) is 1.82. The molecule has 1 aromatic carbocycles. The van der Waals surface area contributed by atoms with Crippen molar-refractivity contribution < 1.29 is 19.0 Å². The first kappa shape index (κ1) is 17.2. The summed E-state index contributed by atoms with van der Waals surface area (Å²) in [6.07, 6.45) is 6.78. The molecule has 126 valence electrons. The van der Waals surface area contributed by atoms with E-state index in [1.54, 1.807) is 26.4 Å². The van der Waals surface area contributed by atoms with Gasteiger partial charge in [0, 0.05) is 19.2 Å². The first-order chi connectivity index (χ1) is 11.2. The van der Waals surface area contributed by atoms with Gasteiger partial charge in [0.25, 0.3) is 0 Å². The van der Waals surface area contributed by atoms with Crippen LogP contribution in [0.3, 0.4) is 0 Å². The Hall–Kier alpha value is -2.17. The van der Waals surface area contributed by atoms with E-state index in [4.69, 9.17) is 14.2 Å². The number of methoxy groups -OCH3 is 2. The molecule has 0 radical (unpaired) electrons. The third-order valence-electron chi connectivity index (χ3n) is 3.86. The zero-order chi connectivity index (χ0) is 16.7. The van der Waals surface area contributed by atoms with Crippen LogP contribution in [0.15, 0.2) is 18.2 Å². The first-order valence-electron chi connectivity index (χ1n) is 8.05. The lowest BCUT2D eigenvalue weighted by molar-refractivity contribution is -0.126. The van der Waals surface area contributed by atoms with Gasteiger partial charge in [-0.05, 0) is 50.0 Å². The van der Waals surface area contributed by atoms with Gasteiger partial charge in [-0.1, -0.05) is 0 Å². The average molecular weight is 319 g/mol. The van der Waals surface area contributed by atoms with E-state index in [-0.39, 0.29) is 5.91 Å². The molecule has 0 aromatic heterocycles. The van der Waals surface area contributed by atoms with E-state index in [2.05, 4.69) is 0 Å². The Morgan fingerprint density at radius 2 is 1.74 bits per heavy atom. The number of carbonyl (C=O) groups excluding carboxylic acids is 1. The molecule has 1 fully saturated rings. The molecule has 1 heterocycles. The molecule has 5 nitrogen and oxygen atoms in total. The van der Waals surface area contributed by atoms with E-state index in [0.717, 1.165) is 31.5 Å². The van der Waals surface area contributed by atoms with Crippen LogP contribution in [0.4, 0.5) is 0 Å². The molecular weight excluding hydrogens is 294 g/mol. The minimum atomic E-state index is 0.0523. The average Bonchev–Trinajstić information content (AvgIpc) is 2.61. The zero-order valence-corrected chi connectivity index (χ0v) is 14.1. The number of carbonyl (C=O) groups is 1. The summed E-state index contributed by atoms with van der Waals surface area (Å²) in [7, 11) is 3.17. The van der Waals surface area contributed by atoms with Crippen LogP contribution in [0.25, 0.3) is 6.08 Å². The van der Waals surface area contributed by atoms with Crippen molar-refractivity contribution in [1.82, 2.24) is 4.90 Å². The number of nitrogens with zero attached hydrogens (tertiary/aromatic N) is 1. The Balaban J connectivity index is 2.18. The quantitative estimate of drug-likeness (QED) is 0.756. The predicted octanol–water partition coefficient (Wildman–Crippen LogP) is 3.13.